The minimum absolute atomic E-state index is 0. The molecule has 1 heterocycles. The molecule has 62 valence electrons. The van der Waals surface area contributed by atoms with Gasteiger partial charge in [0.15, 0.2) is 0 Å². The van der Waals surface area contributed by atoms with Crippen LogP contribution in [0.5, 0.6) is 0 Å². The second kappa shape index (κ2) is 5.64. The Labute approximate surface area is 82.1 Å². The van der Waals surface area contributed by atoms with Crippen LogP contribution >= 0.6 is 35.6 Å². The molecule has 4 heteroatoms. The van der Waals surface area contributed by atoms with E-state index in [1.54, 1.807) is 12.4 Å². The Kier molecular flexibility index (Phi) is 5.65. The fraction of sp³-hybridized carbons (Fsp3) is 0.286. The third-order valence-corrected chi connectivity index (χ3v) is 2.08. The van der Waals surface area contributed by atoms with Crippen molar-refractivity contribution < 1.29 is 0 Å². The SMILES string of the molecule is Cl.ClCC(Cl)c1ccncc1. The zero-order chi connectivity index (χ0) is 7.40. The van der Waals surface area contributed by atoms with Gasteiger partial charge in [-0.3, -0.25) is 4.98 Å². The number of halogens is 3. The Morgan fingerprint density at radius 2 is 1.91 bits per heavy atom. The third-order valence-electron chi connectivity index (χ3n) is 1.20. The van der Waals surface area contributed by atoms with Crippen LogP contribution in [0.4, 0.5) is 0 Å². The Bertz CT molecular complexity index is 190. The van der Waals surface area contributed by atoms with Gasteiger partial charge in [0.2, 0.25) is 0 Å². The number of pyridine rings is 1. The van der Waals surface area contributed by atoms with Crippen LogP contribution in [0.25, 0.3) is 0 Å². The molecule has 0 aliphatic heterocycles. The van der Waals surface area contributed by atoms with Crippen LogP contribution < -0.4 is 0 Å². The van der Waals surface area contributed by atoms with E-state index < -0.39 is 0 Å². The van der Waals surface area contributed by atoms with Gasteiger partial charge in [0.1, 0.15) is 0 Å². The van der Waals surface area contributed by atoms with E-state index in [1.165, 1.54) is 0 Å². The first-order valence-electron chi connectivity index (χ1n) is 2.94. The van der Waals surface area contributed by atoms with Crippen molar-refractivity contribution in [1.29, 1.82) is 0 Å². The van der Waals surface area contributed by atoms with E-state index in [0.717, 1.165) is 5.56 Å². The summed E-state index contributed by atoms with van der Waals surface area (Å²) in [6.45, 7) is 0. The van der Waals surface area contributed by atoms with E-state index in [2.05, 4.69) is 4.98 Å². The Morgan fingerprint density at radius 3 is 2.36 bits per heavy atom. The summed E-state index contributed by atoms with van der Waals surface area (Å²) in [5.41, 5.74) is 1.02. The van der Waals surface area contributed by atoms with E-state index >= 15 is 0 Å². The Hall–Kier alpha value is 0.0200. The van der Waals surface area contributed by atoms with Gasteiger partial charge < -0.3 is 0 Å². The van der Waals surface area contributed by atoms with Crippen molar-refractivity contribution in [3.05, 3.63) is 30.1 Å². The van der Waals surface area contributed by atoms with Crippen molar-refractivity contribution >= 4 is 35.6 Å². The molecule has 0 amide bonds. The summed E-state index contributed by atoms with van der Waals surface area (Å²) in [5, 5.41) is -0.0929. The van der Waals surface area contributed by atoms with Gasteiger partial charge in [0, 0.05) is 18.3 Å². The fourth-order valence-corrected chi connectivity index (χ4v) is 0.985. The van der Waals surface area contributed by atoms with E-state index in [9.17, 15) is 0 Å². The first-order chi connectivity index (χ1) is 4.84. The molecule has 1 aromatic heterocycles. The lowest BCUT2D eigenvalue weighted by Gasteiger charge is -2.02. The summed E-state index contributed by atoms with van der Waals surface area (Å²) in [5.74, 6) is 0.436. The molecule has 1 unspecified atom stereocenters. The lowest BCUT2D eigenvalue weighted by atomic mass is 10.2. The zero-order valence-electron chi connectivity index (χ0n) is 5.71. The maximum atomic E-state index is 5.83. The lowest BCUT2D eigenvalue weighted by Crippen LogP contribution is -1.90. The summed E-state index contributed by atoms with van der Waals surface area (Å²) in [6, 6.07) is 3.72. The number of rotatable bonds is 2. The van der Waals surface area contributed by atoms with Crippen LogP contribution in [0.3, 0.4) is 0 Å². The highest BCUT2D eigenvalue weighted by Gasteiger charge is 2.03. The molecule has 0 saturated carbocycles. The summed E-state index contributed by atoms with van der Waals surface area (Å²) in [4.78, 5) is 3.86. The van der Waals surface area contributed by atoms with Gasteiger partial charge in [-0.05, 0) is 17.7 Å². The zero-order valence-corrected chi connectivity index (χ0v) is 8.03. The first kappa shape index (κ1) is 11.0. The van der Waals surface area contributed by atoms with Crippen molar-refractivity contribution in [3.63, 3.8) is 0 Å². The molecular formula is C7H8Cl3N. The molecule has 0 aliphatic rings. The van der Waals surface area contributed by atoms with E-state index in [4.69, 9.17) is 23.2 Å². The molecule has 11 heavy (non-hydrogen) atoms. The Balaban J connectivity index is 0.000001000. The summed E-state index contributed by atoms with van der Waals surface area (Å²) in [7, 11) is 0. The average molecular weight is 213 g/mol. The average Bonchev–Trinajstić information content (AvgIpc) is 2.05. The van der Waals surface area contributed by atoms with E-state index in [1.807, 2.05) is 12.1 Å². The first-order valence-corrected chi connectivity index (χ1v) is 3.91. The summed E-state index contributed by atoms with van der Waals surface area (Å²) >= 11 is 11.4. The highest BCUT2D eigenvalue weighted by atomic mass is 35.5. The van der Waals surface area contributed by atoms with Crippen LogP contribution in [0.2, 0.25) is 0 Å². The van der Waals surface area contributed by atoms with E-state index in [0.29, 0.717) is 5.88 Å². The van der Waals surface area contributed by atoms with Crippen molar-refractivity contribution in [2.75, 3.05) is 5.88 Å². The van der Waals surface area contributed by atoms with Crippen molar-refractivity contribution in [1.82, 2.24) is 4.98 Å². The molecule has 1 nitrogen and oxygen atoms in total. The lowest BCUT2D eigenvalue weighted by molar-refractivity contribution is 1.08. The standard InChI is InChI=1S/C7H7Cl2N.ClH/c8-5-7(9)6-1-3-10-4-2-6;/h1-4,7H,5H2;1H. The molecule has 0 aliphatic carbocycles. The molecule has 0 N–H and O–H groups in total. The molecule has 1 rings (SSSR count). The minimum atomic E-state index is -0.0929. The van der Waals surface area contributed by atoms with Gasteiger partial charge in [0.05, 0.1) is 5.38 Å². The number of nitrogens with zero attached hydrogens (tertiary/aromatic N) is 1. The second-order valence-electron chi connectivity index (χ2n) is 1.90. The van der Waals surface area contributed by atoms with Crippen molar-refractivity contribution in [3.8, 4) is 0 Å². The van der Waals surface area contributed by atoms with Crippen LogP contribution in [0.1, 0.15) is 10.9 Å². The molecule has 0 saturated heterocycles. The number of hydrogen-bond donors (Lipinski definition) is 0. The molecule has 1 aromatic rings. The molecule has 1 atom stereocenters. The largest absolute Gasteiger partial charge is 0.265 e. The highest BCUT2D eigenvalue weighted by Crippen LogP contribution is 2.19. The fourth-order valence-electron chi connectivity index (χ4n) is 0.661. The number of alkyl halides is 2. The molecule has 0 fully saturated rings. The van der Waals surface area contributed by atoms with Crippen LogP contribution in [0.15, 0.2) is 24.5 Å². The summed E-state index contributed by atoms with van der Waals surface area (Å²) in [6.07, 6.45) is 3.41. The van der Waals surface area contributed by atoms with Gasteiger partial charge in [-0.25, -0.2) is 0 Å². The smallest absolute Gasteiger partial charge is 0.0721 e. The van der Waals surface area contributed by atoms with E-state index in [-0.39, 0.29) is 17.8 Å². The third kappa shape index (κ3) is 3.28. The predicted molar refractivity (Wildman–Crippen MR) is 50.8 cm³/mol. The molecule has 0 spiro atoms. The molecular weight excluding hydrogens is 204 g/mol. The van der Waals surface area contributed by atoms with Gasteiger partial charge in [0.25, 0.3) is 0 Å². The van der Waals surface area contributed by atoms with Crippen LogP contribution in [-0.4, -0.2) is 10.9 Å². The van der Waals surface area contributed by atoms with Gasteiger partial charge >= 0.3 is 0 Å². The topological polar surface area (TPSA) is 12.9 Å². The van der Waals surface area contributed by atoms with Crippen LogP contribution in [-0.2, 0) is 0 Å². The maximum absolute atomic E-state index is 5.83. The van der Waals surface area contributed by atoms with Gasteiger partial charge in [-0.2, -0.15) is 0 Å². The molecule has 0 aromatic carbocycles. The maximum Gasteiger partial charge on any atom is 0.0721 e. The highest BCUT2D eigenvalue weighted by molar-refractivity contribution is 6.28. The minimum Gasteiger partial charge on any atom is -0.265 e. The van der Waals surface area contributed by atoms with Gasteiger partial charge in [-0.15, -0.1) is 35.6 Å². The Morgan fingerprint density at radius 1 is 1.36 bits per heavy atom. The quantitative estimate of drug-likeness (QED) is 0.687. The van der Waals surface area contributed by atoms with Crippen molar-refractivity contribution in [2.45, 2.75) is 5.38 Å². The number of aromatic nitrogens is 1. The molecule has 0 bridgehead atoms. The normalized spacial score (nSPS) is 11.8. The van der Waals surface area contributed by atoms with Crippen molar-refractivity contribution in [2.24, 2.45) is 0 Å². The molecule has 0 radical (unpaired) electrons. The van der Waals surface area contributed by atoms with Gasteiger partial charge in [-0.1, -0.05) is 0 Å². The monoisotopic (exact) mass is 211 g/mol. The summed E-state index contributed by atoms with van der Waals surface area (Å²) < 4.78 is 0. The van der Waals surface area contributed by atoms with Crippen LogP contribution in [0, 0.1) is 0 Å². The predicted octanol–water partition coefficient (Wildman–Crippen LogP) is 3.02. The number of hydrogen-bond acceptors (Lipinski definition) is 1. The second-order valence-corrected chi connectivity index (χ2v) is 2.74.